The summed E-state index contributed by atoms with van der Waals surface area (Å²) in [6, 6.07) is 4.18. The van der Waals surface area contributed by atoms with Crippen LogP contribution < -0.4 is 15.4 Å². The second-order valence-corrected chi connectivity index (χ2v) is 4.55. The number of methoxy groups -OCH3 is 1. The summed E-state index contributed by atoms with van der Waals surface area (Å²) in [4.78, 5) is 12.4. The van der Waals surface area contributed by atoms with E-state index in [0.29, 0.717) is 11.6 Å². The van der Waals surface area contributed by atoms with Gasteiger partial charge in [0.05, 0.1) is 17.8 Å². The summed E-state index contributed by atoms with van der Waals surface area (Å²) in [7, 11) is 1.47. The van der Waals surface area contributed by atoms with Crippen molar-refractivity contribution in [3.8, 4) is 6.01 Å². The largest absolute Gasteiger partial charge is 0.467 e. The van der Waals surface area contributed by atoms with E-state index < -0.39 is 5.82 Å². The Morgan fingerprint density at radius 1 is 1.24 bits per heavy atom. The molecule has 0 unspecified atom stereocenters. The highest BCUT2D eigenvalue weighted by Gasteiger charge is 2.09. The Kier molecular flexibility index (Phi) is 5.10. The van der Waals surface area contributed by atoms with Gasteiger partial charge in [0.15, 0.2) is 0 Å². The molecule has 2 rings (SSSR count). The molecule has 112 valence electrons. The SMILES string of the molecule is CCCNc1nc(Nc2ccc(F)cc2Cl)nc(OC)n1. The van der Waals surface area contributed by atoms with Crippen molar-refractivity contribution in [2.45, 2.75) is 13.3 Å². The van der Waals surface area contributed by atoms with E-state index in [1.165, 1.54) is 25.3 Å². The maximum absolute atomic E-state index is 13.0. The number of hydrogen-bond acceptors (Lipinski definition) is 6. The highest BCUT2D eigenvalue weighted by molar-refractivity contribution is 6.33. The molecule has 1 aromatic heterocycles. The minimum Gasteiger partial charge on any atom is -0.467 e. The average Bonchev–Trinajstić information content (AvgIpc) is 2.48. The van der Waals surface area contributed by atoms with Crippen LogP contribution in [0.3, 0.4) is 0 Å². The van der Waals surface area contributed by atoms with Crippen molar-refractivity contribution in [1.29, 1.82) is 0 Å². The molecule has 0 radical (unpaired) electrons. The predicted octanol–water partition coefficient (Wildman–Crippen LogP) is 3.24. The number of rotatable bonds is 6. The molecule has 1 heterocycles. The van der Waals surface area contributed by atoms with Crippen LogP contribution in [0, 0.1) is 5.82 Å². The van der Waals surface area contributed by atoms with Crippen LogP contribution in [0.15, 0.2) is 18.2 Å². The third-order valence-electron chi connectivity index (χ3n) is 2.51. The lowest BCUT2D eigenvalue weighted by Gasteiger charge is -2.10. The number of aromatic nitrogens is 3. The third-order valence-corrected chi connectivity index (χ3v) is 2.82. The Hall–Kier alpha value is -2.15. The highest BCUT2D eigenvalue weighted by atomic mass is 35.5. The molecule has 0 aliphatic carbocycles. The summed E-state index contributed by atoms with van der Waals surface area (Å²) < 4.78 is 18.1. The van der Waals surface area contributed by atoms with E-state index in [1.807, 2.05) is 6.92 Å². The molecule has 2 N–H and O–H groups in total. The van der Waals surface area contributed by atoms with Crippen LogP contribution in [0.4, 0.5) is 22.0 Å². The van der Waals surface area contributed by atoms with Crippen LogP contribution in [-0.2, 0) is 0 Å². The molecule has 0 spiro atoms. The Morgan fingerprint density at radius 2 is 2.00 bits per heavy atom. The highest BCUT2D eigenvalue weighted by Crippen LogP contribution is 2.25. The average molecular weight is 312 g/mol. The molecule has 1 aromatic carbocycles. The van der Waals surface area contributed by atoms with Gasteiger partial charge in [-0.25, -0.2) is 4.39 Å². The Bertz CT molecular complexity index is 626. The van der Waals surface area contributed by atoms with Crippen molar-refractivity contribution in [1.82, 2.24) is 15.0 Å². The van der Waals surface area contributed by atoms with Gasteiger partial charge in [-0.2, -0.15) is 15.0 Å². The van der Waals surface area contributed by atoms with Gasteiger partial charge in [0.2, 0.25) is 11.9 Å². The Balaban J connectivity index is 2.25. The number of benzene rings is 1. The van der Waals surface area contributed by atoms with Crippen molar-refractivity contribution in [2.24, 2.45) is 0 Å². The fourth-order valence-electron chi connectivity index (χ4n) is 1.53. The van der Waals surface area contributed by atoms with Gasteiger partial charge in [-0.3, -0.25) is 0 Å². The normalized spacial score (nSPS) is 10.3. The van der Waals surface area contributed by atoms with Crippen molar-refractivity contribution in [2.75, 3.05) is 24.3 Å². The maximum Gasteiger partial charge on any atom is 0.322 e. The van der Waals surface area contributed by atoms with Crippen LogP contribution in [0.25, 0.3) is 0 Å². The lowest BCUT2D eigenvalue weighted by atomic mass is 10.3. The summed E-state index contributed by atoms with van der Waals surface area (Å²) in [6.45, 7) is 2.76. The van der Waals surface area contributed by atoms with Gasteiger partial charge in [-0.1, -0.05) is 18.5 Å². The first kappa shape index (κ1) is 15.2. The van der Waals surface area contributed by atoms with E-state index >= 15 is 0 Å². The molecule has 0 aliphatic rings. The quantitative estimate of drug-likeness (QED) is 0.853. The van der Waals surface area contributed by atoms with Crippen LogP contribution in [-0.4, -0.2) is 28.6 Å². The summed E-state index contributed by atoms with van der Waals surface area (Å²) in [5, 5.41) is 6.19. The second-order valence-electron chi connectivity index (χ2n) is 4.15. The van der Waals surface area contributed by atoms with E-state index in [0.717, 1.165) is 13.0 Å². The van der Waals surface area contributed by atoms with Gasteiger partial charge in [0, 0.05) is 6.54 Å². The molecular weight excluding hydrogens is 297 g/mol. The molecule has 2 aromatic rings. The molecule has 0 saturated heterocycles. The molecule has 21 heavy (non-hydrogen) atoms. The predicted molar refractivity (Wildman–Crippen MR) is 79.9 cm³/mol. The van der Waals surface area contributed by atoms with Gasteiger partial charge >= 0.3 is 6.01 Å². The van der Waals surface area contributed by atoms with Crippen molar-refractivity contribution < 1.29 is 9.13 Å². The number of anilines is 3. The molecule has 6 nitrogen and oxygen atoms in total. The van der Waals surface area contributed by atoms with Gasteiger partial charge in [-0.15, -0.1) is 0 Å². The van der Waals surface area contributed by atoms with Crippen LogP contribution in [0.2, 0.25) is 5.02 Å². The molecule has 0 atom stereocenters. The number of nitrogens with zero attached hydrogens (tertiary/aromatic N) is 3. The zero-order chi connectivity index (χ0) is 15.2. The number of halogens is 2. The number of nitrogens with one attached hydrogen (secondary N) is 2. The molecule has 0 aliphatic heterocycles. The summed E-state index contributed by atoms with van der Waals surface area (Å²) in [5.41, 5.74) is 0.493. The van der Waals surface area contributed by atoms with Crippen LogP contribution >= 0.6 is 11.6 Å². The molecule has 0 bridgehead atoms. The summed E-state index contributed by atoms with van der Waals surface area (Å²) in [6.07, 6.45) is 0.931. The lowest BCUT2D eigenvalue weighted by molar-refractivity contribution is 0.379. The monoisotopic (exact) mass is 311 g/mol. The van der Waals surface area contributed by atoms with Crippen molar-refractivity contribution in [3.05, 3.63) is 29.0 Å². The number of ether oxygens (including phenoxy) is 1. The van der Waals surface area contributed by atoms with Crippen LogP contribution in [0.1, 0.15) is 13.3 Å². The fraction of sp³-hybridized carbons (Fsp3) is 0.308. The van der Waals surface area contributed by atoms with E-state index in [-0.39, 0.29) is 17.0 Å². The molecule has 0 saturated carbocycles. The Morgan fingerprint density at radius 3 is 2.67 bits per heavy atom. The van der Waals surface area contributed by atoms with Gasteiger partial charge in [-0.05, 0) is 24.6 Å². The maximum atomic E-state index is 13.0. The van der Waals surface area contributed by atoms with Gasteiger partial charge in [0.1, 0.15) is 5.82 Å². The second kappa shape index (κ2) is 7.03. The first-order valence-corrected chi connectivity index (χ1v) is 6.76. The summed E-state index contributed by atoms with van der Waals surface area (Å²) in [5.74, 6) is 0.238. The van der Waals surface area contributed by atoms with Gasteiger partial charge < -0.3 is 15.4 Å². The minimum atomic E-state index is -0.413. The van der Waals surface area contributed by atoms with E-state index in [2.05, 4.69) is 25.6 Å². The molecular formula is C13H15ClFN5O. The Labute approximate surface area is 126 Å². The minimum absolute atomic E-state index is 0.171. The smallest absolute Gasteiger partial charge is 0.322 e. The van der Waals surface area contributed by atoms with Crippen molar-refractivity contribution in [3.63, 3.8) is 0 Å². The first-order chi connectivity index (χ1) is 10.1. The molecule has 0 fully saturated rings. The van der Waals surface area contributed by atoms with E-state index in [4.69, 9.17) is 16.3 Å². The zero-order valence-electron chi connectivity index (χ0n) is 11.7. The zero-order valence-corrected chi connectivity index (χ0v) is 12.4. The third kappa shape index (κ3) is 4.16. The van der Waals surface area contributed by atoms with E-state index in [1.54, 1.807) is 0 Å². The number of hydrogen-bond donors (Lipinski definition) is 2. The fourth-order valence-corrected chi connectivity index (χ4v) is 1.75. The first-order valence-electron chi connectivity index (χ1n) is 6.38. The van der Waals surface area contributed by atoms with E-state index in [9.17, 15) is 4.39 Å². The lowest BCUT2D eigenvalue weighted by Crippen LogP contribution is -2.09. The topological polar surface area (TPSA) is 72.0 Å². The molecule has 0 amide bonds. The van der Waals surface area contributed by atoms with Crippen molar-refractivity contribution >= 4 is 29.2 Å². The summed E-state index contributed by atoms with van der Waals surface area (Å²) >= 11 is 5.96. The van der Waals surface area contributed by atoms with Crippen LogP contribution in [0.5, 0.6) is 6.01 Å². The molecule has 8 heteroatoms. The standard InChI is InChI=1S/C13H15ClFN5O/c1-3-6-16-11-18-12(20-13(19-11)21-2)17-10-5-4-8(15)7-9(10)14/h4-5,7H,3,6H2,1-2H3,(H2,16,17,18,19,20). The van der Waals surface area contributed by atoms with Gasteiger partial charge in [0.25, 0.3) is 0 Å².